The molecule has 132 valence electrons. The monoisotopic (exact) mass is 356 g/mol. The molecule has 2 N–H and O–H groups in total. The Hall–Kier alpha value is -2.00. The molecule has 0 bridgehead atoms. The summed E-state index contributed by atoms with van der Waals surface area (Å²) in [5, 5.41) is 0. The SMILES string of the molecule is Cl.Nc1cccc2c1CCCN2C(=O)CC1CCc2ccccc2C1. The number of benzene rings is 2. The van der Waals surface area contributed by atoms with Crippen molar-refractivity contribution in [1.29, 1.82) is 0 Å². The number of anilines is 2. The first-order chi connectivity index (χ1) is 11.7. The smallest absolute Gasteiger partial charge is 0.227 e. The molecule has 0 saturated carbocycles. The summed E-state index contributed by atoms with van der Waals surface area (Å²) in [6, 6.07) is 14.6. The number of carbonyl (C=O) groups excluding carboxylic acids is 1. The Labute approximate surface area is 155 Å². The maximum atomic E-state index is 12.9. The zero-order valence-corrected chi connectivity index (χ0v) is 15.2. The maximum absolute atomic E-state index is 12.9. The lowest BCUT2D eigenvalue weighted by Crippen LogP contribution is -2.37. The van der Waals surface area contributed by atoms with Gasteiger partial charge in [0.05, 0.1) is 0 Å². The lowest BCUT2D eigenvalue weighted by Gasteiger charge is -2.32. The van der Waals surface area contributed by atoms with E-state index < -0.39 is 0 Å². The predicted octanol–water partition coefficient (Wildman–Crippen LogP) is 4.17. The van der Waals surface area contributed by atoms with Gasteiger partial charge in [0, 0.05) is 24.3 Å². The number of carbonyl (C=O) groups is 1. The van der Waals surface area contributed by atoms with Crippen molar-refractivity contribution in [3.05, 3.63) is 59.2 Å². The molecule has 2 aliphatic rings. The minimum atomic E-state index is 0. The van der Waals surface area contributed by atoms with Gasteiger partial charge in [0.1, 0.15) is 0 Å². The molecule has 2 aromatic rings. The van der Waals surface area contributed by atoms with E-state index in [1.165, 1.54) is 11.1 Å². The van der Waals surface area contributed by atoms with Gasteiger partial charge in [0.25, 0.3) is 0 Å². The highest BCUT2D eigenvalue weighted by molar-refractivity contribution is 5.95. The van der Waals surface area contributed by atoms with E-state index in [9.17, 15) is 4.79 Å². The van der Waals surface area contributed by atoms with E-state index >= 15 is 0 Å². The van der Waals surface area contributed by atoms with Gasteiger partial charge in [0.15, 0.2) is 0 Å². The molecule has 0 radical (unpaired) electrons. The predicted molar refractivity (Wildman–Crippen MR) is 105 cm³/mol. The molecule has 0 fully saturated rings. The Morgan fingerprint density at radius 2 is 1.88 bits per heavy atom. The summed E-state index contributed by atoms with van der Waals surface area (Å²) >= 11 is 0. The lowest BCUT2D eigenvalue weighted by molar-refractivity contribution is -0.119. The molecule has 0 aromatic heterocycles. The summed E-state index contributed by atoms with van der Waals surface area (Å²) in [4.78, 5) is 14.9. The Bertz CT molecular complexity index is 774. The Balaban J connectivity index is 0.00000182. The molecule has 1 heterocycles. The first kappa shape index (κ1) is 17.8. The van der Waals surface area contributed by atoms with Crippen LogP contribution >= 0.6 is 12.4 Å². The highest BCUT2D eigenvalue weighted by atomic mass is 35.5. The van der Waals surface area contributed by atoms with E-state index in [2.05, 4.69) is 24.3 Å². The minimum absolute atomic E-state index is 0. The van der Waals surface area contributed by atoms with Crippen LogP contribution in [0.5, 0.6) is 0 Å². The second-order valence-corrected chi connectivity index (χ2v) is 7.08. The van der Waals surface area contributed by atoms with Gasteiger partial charge in [-0.1, -0.05) is 30.3 Å². The van der Waals surface area contributed by atoms with Crippen LogP contribution in [0.15, 0.2) is 42.5 Å². The summed E-state index contributed by atoms with van der Waals surface area (Å²) in [5.74, 6) is 0.713. The Kier molecular flexibility index (Phi) is 5.33. The minimum Gasteiger partial charge on any atom is -0.398 e. The number of amides is 1. The number of rotatable bonds is 2. The lowest BCUT2D eigenvalue weighted by atomic mass is 9.82. The number of hydrogen-bond donors (Lipinski definition) is 1. The van der Waals surface area contributed by atoms with Gasteiger partial charge >= 0.3 is 0 Å². The van der Waals surface area contributed by atoms with E-state index in [0.717, 1.165) is 55.6 Å². The topological polar surface area (TPSA) is 46.3 Å². The number of nitrogens with zero attached hydrogens (tertiary/aromatic N) is 1. The highest BCUT2D eigenvalue weighted by Gasteiger charge is 2.27. The van der Waals surface area contributed by atoms with Crippen molar-refractivity contribution in [3.8, 4) is 0 Å². The summed E-state index contributed by atoms with van der Waals surface area (Å²) in [5.41, 5.74) is 12.0. The molecule has 0 saturated heterocycles. The largest absolute Gasteiger partial charge is 0.398 e. The Morgan fingerprint density at radius 3 is 2.72 bits per heavy atom. The van der Waals surface area contributed by atoms with Crippen LogP contribution in [-0.2, 0) is 24.1 Å². The van der Waals surface area contributed by atoms with Crippen LogP contribution in [-0.4, -0.2) is 12.5 Å². The fourth-order valence-corrected chi connectivity index (χ4v) is 4.22. The van der Waals surface area contributed by atoms with Gasteiger partial charge in [-0.3, -0.25) is 4.79 Å². The molecular formula is C21H25ClN2O. The van der Waals surface area contributed by atoms with E-state index in [4.69, 9.17) is 5.73 Å². The molecule has 4 heteroatoms. The molecule has 1 atom stereocenters. The van der Waals surface area contributed by atoms with E-state index in [1.54, 1.807) is 0 Å². The van der Waals surface area contributed by atoms with Crippen molar-refractivity contribution in [2.24, 2.45) is 5.92 Å². The maximum Gasteiger partial charge on any atom is 0.227 e. The summed E-state index contributed by atoms with van der Waals surface area (Å²) in [6.07, 6.45) is 5.85. The van der Waals surface area contributed by atoms with E-state index in [1.807, 2.05) is 23.1 Å². The third-order valence-electron chi connectivity index (χ3n) is 5.50. The number of fused-ring (bicyclic) bond motifs is 2. The van der Waals surface area contributed by atoms with Crippen LogP contribution in [0.2, 0.25) is 0 Å². The number of halogens is 1. The van der Waals surface area contributed by atoms with Crippen molar-refractivity contribution in [2.75, 3.05) is 17.2 Å². The average Bonchev–Trinajstić information content (AvgIpc) is 2.61. The number of hydrogen-bond acceptors (Lipinski definition) is 2. The summed E-state index contributed by atoms with van der Waals surface area (Å²) in [6.45, 7) is 0.818. The molecule has 25 heavy (non-hydrogen) atoms. The molecule has 3 nitrogen and oxygen atoms in total. The molecule has 1 aliphatic carbocycles. The van der Waals surface area contributed by atoms with E-state index in [0.29, 0.717) is 12.3 Å². The first-order valence-electron chi connectivity index (χ1n) is 8.97. The molecule has 1 amide bonds. The average molecular weight is 357 g/mol. The van der Waals surface area contributed by atoms with Gasteiger partial charge < -0.3 is 10.6 Å². The van der Waals surface area contributed by atoms with Crippen molar-refractivity contribution < 1.29 is 4.79 Å². The van der Waals surface area contributed by atoms with Crippen molar-refractivity contribution in [1.82, 2.24) is 0 Å². The third-order valence-corrected chi connectivity index (χ3v) is 5.50. The van der Waals surface area contributed by atoms with Crippen LogP contribution in [0, 0.1) is 5.92 Å². The van der Waals surface area contributed by atoms with Crippen molar-refractivity contribution in [3.63, 3.8) is 0 Å². The van der Waals surface area contributed by atoms with Crippen LogP contribution in [0.4, 0.5) is 11.4 Å². The van der Waals surface area contributed by atoms with Gasteiger partial charge in [-0.25, -0.2) is 0 Å². The van der Waals surface area contributed by atoms with Gasteiger partial charge in [-0.05, 0) is 66.8 Å². The first-order valence-corrected chi connectivity index (χ1v) is 8.97. The molecule has 0 spiro atoms. The second kappa shape index (κ2) is 7.49. The van der Waals surface area contributed by atoms with Crippen molar-refractivity contribution in [2.45, 2.75) is 38.5 Å². The standard InChI is InChI=1S/C21H24N2O.ClH/c22-19-8-3-9-20-18(19)7-4-12-23(20)21(24)14-15-10-11-16-5-1-2-6-17(16)13-15;/h1-3,5-6,8-9,15H,4,7,10-14,22H2;1H. The van der Waals surface area contributed by atoms with Gasteiger partial charge in [-0.15, -0.1) is 12.4 Å². The number of nitrogen functional groups attached to an aromatic ring is 1. The number of aryl methyl sites for hydroxylation is 1. The fraction of sp³-hybridized carbons (Fsp3) is 0.381. The van der Waals surface area contributed by atoms with Gasteiger partial charge in [-0.2, -0.15) is 0 Å². The van der Waals surface area contributed by atoms with Crippen LogP contribution in [0.1, 0.15) is 36.0 Å². The highest BCUT2D eigenvalue weighted by Crippen LogP contribution is 2.33. The molecule has 1 aliphatic heterocycles. The fourth-order valence-electron chi connectivity index (χ4n) is 4.22. The zero-order chi connectivity index (χ0) is 16.5. The molecular weight excluding hydrogens is 332 g/mol. The Morgan fingerprint density at radius 1 is 1.08 bits per heavy atom. The third kappa shape index (κ3) is 3.52. The second-order valence-electron chi connectivity index (χ2n) is 7.08. The van der Waals surface area contributed by atoms with Crippen LogP contribution < -0.4 is 10.6 Å². The quantitative estimate of drug-likeness (QED) is 0.821. The molecule has 2 aromatic carbocycles. The van der Waals surface area contributed by atoms with E-state index in [-0.39, 0.29) is 18.3 Å². The van der Waals surface area contributed by atoms with Gasteiger partial charge in [0.2, 0.25) is 5.91 Å². The normalized spacial score (nSPS) is 18.7. The summed E-state index contributed by atoms with van der Waals surface area (Å²) in [7, 11) is 0. The van der Waals surface area contributed by atoms with Crippen LogP contribution in [0.25, 0.3) is 0 Å². The number of nitrogens with two attached hydrogens (primary N) is 1. The molecule has 4 rings (SSSR count). The summed E-state index contributed by atoms with van der Waals surface area (Å²) < 4.78 is 0. The van der Waals surface area contributed by atoms with Crippen LogP contribution in [0.3, 0.4) is 0 Å². The molecule has 1 unspecified atom stereocenters. The zero-order valence-electron chi connectivity index (χ0n) is 14.4. The van der Waals surface area contributed by atoms with Crippen molar-refractivity contribution >= 4 is 29.7 Å².